The highest BCUT2D eigenvalue weighted by atomic mass is 16.3. The number of aliphatic hydroxyl groups is 1. The van der Waals surface area contributed by atoms with E-state index in [1.54, 1.807) is 0 Å². The van der Waals surface area contributed by atoms with E-state index in [0.717, 1.165) is 25.7 Å². The first-order chi connectivity index (χ1) is 5.31. The van der Waals surface area contributed by atoms with Crippen LogP contribution in [-0.2, 0) is 0 Å². The molecule has 0 amide bonds. The lowest BCUT2D eigenvalue weighted by atomic mass is 10.1. The number of aliphatic hydroxyl groups excluding tert-OH is 1. The van der Waals surface area contributed by atoms with Crippen molar-refractivity contribution in [3.05, 3.63) is 6.42 Å². The first-order valence-corrected chi connectivity index (χ1v) is 4.81. The highest BCUT2D eigenvalue weighted by Gasteiger charge is 2.00. The second-order valence-corrected chi connectivity index (χ2v) is 3.11. The van der Waals surface area contributed by atoms with Gasteiger partial charge in [0.2, 0.25) is 0 Å². The molecule has 0 aliphatic rings. The second-order valence-electron chi connectivity index (χ2n) is 3.11. The predicted octanol–water partition coefficient (Wildman–Crippen LogP) is 2.93. The van der Waals surface area contributed by atoms with Gasteiger partial charge in [-0.1, -0.05) is 39.5 Å². The molecule has 1 unspecified atom stereocenters. The van der Waals surface area contributed by atoms with Crippen LogP contribution in [0.4, 0.5) is 0 Å². The molecule has 0 saturated carbocycles. The molecule has 11 heavy (non-hydrogen) atoms. The molecule has 0 aliphatic heterocycles. The average Bonchev–Trinajstić information content (AvgIpc) is 1.99. The van der Waals surface area contributed by atoms with E-state index in [2.05, 4.69) is 20.3 Å². The second kappa shape index (κ2) is 8.06. The smallest absolute Gasteiger partial charge is 0.0542 e. The van der Waals surface area contributed by atoms with Crippen LogP contribution in [0, 0.1) is 6.42 Å². The van der Waals surface area contributed by atoms with Crippen LogP contribution in [-0.4, -0.2) is 11.2 Å². The Morgan fingerprint density at radius 3 is 2.55 bits per heavy atom. The molecule has 0 rings (SSSR count). The zero-order valence-corrected chi connectivity index (χ0v) is 7.84. The lowest BCUT2D eigenvalue weighted by Crippen LogP contribution is -2.05. The van der Waals surface area contributed by atoms with Crippen LogP contribution in [0.5, 0.6) is 0 Å². The van der Waals surface area contributed by atoms with Crippen molar-refractivity contribution in [2.24, 2.45) is 0 Å². The number of unbranched alkanes of at least 4 members (excludes halogenated alkanes) is 3. The van der Waals surface area contributed by atoms with Crippen molar-refractivity contribution in [2.45, 2.75) is 58.5 Å². The average molecular weight is 157 g/mol. The van der Waals surface area contributed by atoms with Crippen LogP contribution in [0.3, 0.4) is 0 Å². The molecule has 0 aromatic rings. The Balaban J connectivity index is 2.97. The summed E-state index contributed by atoms with van der Waals surface area (Å²) < 4.78 is 0. The third-order valence-electron chi connectivity index (χ3n) is 1.82. The molecule has 1 atom stereocenters. The van der Waals surface area contributed by atoms with Crippen LogP contribution >= 0.6 is 0 Å². The molecule has 0 heterocycles. The van der Waals surface area contributed by atoms with Gasteiger partial charge in [0.15, 0.2) is 0 Å². The van der Waals surface area contributed by atoms with Gasteiger partial charge in [-0.05, 0) is 19.3 Å². The zero-order valence-electron chi connectivity index (χ0n) is 7.84. The van der Waals surface area contributed by atoms with Gasteiger partial charge in [0, 0.05) is 0 Å². The largest absolute Gasteiger partial charge is 0.393 e. The first-order valence-electron chi connectivity index (χ1n) is 4.81. The van der Waals surface area contributed by atoms with E-state index in [0.29, 0.717) is 0 Å². The molecule has 0 fully saturated rings. The van der Waals surface area contributed by atoms with Gasteiger partial charge in [-0.3, -0.25) is 0 Å². The fourth-order valence-electron chi connectivity index (χ4n) is 1.11. The van der Waals surface area contributed by atoms with Gasteiger partial charge in [-0.2, -0.15) is 0 Å². The van der Waals surface area contributed by atoms with E-state index < -0.39 is 0 Å². The van der Waals surface area contributed by atoms with Crippen molar-refractivity contribution >= 4 is 0 Å². The minimum absolute atomic E-state index is 0.0862. The standard InChI is InChI=1S/C10H21O/c1-3-5-6-7-9-10(11)8-4-2/h7,10-11H,3-6,8-9H2,1-2H3. The Morgan fingerprint density at radius 1 is 1.27 bits per heavy atom. The Hall–Kier alpha value is -0.0400. The number of hydrogen-bond donors (Lipinski definition) is 1. The summed E-state index contributed by atoms with van der Waals surface area (Å²) in [5.74, 6) is 0. The summed E-state index contributed by atoms with van der Waals surface area (Å²) in [5, 5.41) is 9.32. The quantitative estimate of drug-likeness (QED) is 0.563. The molecule has 0 spiro atoms. The van der Waals surface area contributed by atoms with Gasteiger partial charge >= 0.3 is 0 Å². The van der Waals surface area contributed by atoms with Crippen molar-refractivity contribution in [1.82, 2.24) is 0 Å². The summed E-state index contributed by atoms with van der Waals surface area (Å²) in [6, 6.07) is 0. The van der Waals surface area contributed by atoms with Gasteiger partial charge < -0.3 is 5.11 Å². The van der Waals surface area contributed by atoms with Crippen LogP contribution in [0.25, 0.3) is 0 Å². The predicted molar refractivity (Wildman–Crippen MR) is 49.4 cm³/mol. The summed E-state index contributed by atoms with van der Waals surface area (Å²) in [6.07, 6.45) is 8.72. The number of hydrogen-bond acceptors (Lipinski definition) is 1. The van der Waals surface area contributed by atoms with E-state index in [9.17, 15) is 5.11 Å². The van der Waals surface area contributed by atoms with Gasteiger partial charge in [-0.25, -0.2) is 0 Å². The summed E-state index contributed by atoms with van der Waals surface area (Å²) in [4.78, 5) is 0. The van der Waals surface area contributed by atoms with Gasteiger partial charge in [0.1, 0.15) is 0 Å². The normalized spacial score (nSPS) is 13.4. The molecule has 67 valence electrons. The fraction of sp³-hybridized carbons (Fsp3) is 0.900. The van der Waals surface area contributed by atoms with E-state index in [1.165, 1.54) is 12.8 Å². The topological polar surface area (TPSA) is 20.2 Å². The molecule has 0 bridgehead atoms. The summed E-state index contributed by atoms with van der Waals surface area (Å²) in [6.45, 7) is 4.30. The Labute approximate surface area is 70.8 Å². The fourth-order valence-corrected chi connectivity index (χ4v) is 1.11. The zero-order chi connectivity index (χ0) is 8.53. The molecule has 1 nitrogen and oxygen atoms in total. The highest BCUT2D eigenvalue weighted by molar-refractivity contribution is 4.69. The van der Waals surface area contributed by atoms with Crippen molar-refractivity contribution < 1.29 is 5.11 Å². The molecule has 0 aromatic carbocycles. The van der Waals surface area contributed by atoms with E-state index in [-0.39, 0.29) is 6.10 Å². The maximum absolute atomic E-state index is 9.32. The van der Waals surface area contributed by atoms with Gasteiger partial charge in [-0.15, -0.1) is 0 Å². The molecule has 1 heteroatoms. The van der Waals surface area contributed by atoms with Crippen molar-refractivity contribution in [1.29, 1.82) is 0 Å². The van der Waals surface area contributed by atoms with E-state index in [1.807, 2.05) is 0 Å². The lowest BCUT2D eigenvalue weighted by Gasteiger charge is -2.07. The van der Waals surface area contributed by atoms with Crippen molar-refractivity contribution in [2.75, 3.05) is 0 Å². The Bertz CT molecular complexity index is 71.3. The van der Waals surface area contributed by atoms with E-state index in [4.69, 9.17) is 0 Å². The van der Waals surface area contributed by atoms with Crippen LogP contribution in [0.1, 0.15) is 52.4 Å². The lowest BCUT2D eigenvalue weighted by molar-refractivity contribution is 0.161. The third-order valence-corrected chi connectivity index (χ3v) is 1.82. The molecule has 0 saturated heterocycles. The summed E-state index contributed by atoms with van der Waals surface area (Å²) in [7, 11) is 0. The maximum Gasteiger partial charge on any atom is 0.0542 e. The molecule has 1 N–H and O–H groups in total. The Morgan fingerprint density at radius 2 is 2.00 bits per heavy atom. The Kier molecular flexibility index (Phi) is 8.03. The minimum atomic E-state index is -0.0862. The van der Waals surface area contributed by atoms with Crippen molar-refractivity contribution in [3.63, 3.8) is 0 Å². The van der Waals surface area contributed by atoms with Crippen LogP contribution in [0.15, 0.2) is 0 Å². The van der Waals surface area contributed by atoms with Gasteiger partial charge in [0.25, 0.3) is 0 Å². The summed E-state index contributed by atoms with van der Waals surface area (Å²) in [5.41, 5.74) is 0. The van der Waals surface area contributed by atoms with Crippen LogP contribution in [0.2, 0.25) is 0 Å². The molecular formula is C10H21O. The maximum atomic E-state index is 9.32. The molecule has 0 aromatic heterocycles. The summed E-state index contributed by atoms with van der Waals surface area (Å²) >= 11 is 0. The third kappa shape index (κ3) is 7.86. The van der Waals surface area contributed by atoms with Gasteiger partial charge in [0.05, 0.1) is 6.10 Å². The molecule has 0 aliphatic carbocycles. The number of rotatable bonds is 7. The molecule has 1 radical (unpaired) electrons. The highest BCUT2D eigenvalue weighted by Crippen LogP contribution is 2.07. The van der Waals surface area contributed by atoms with Crippen molar-refractivity contribution in [3.8, 4) is 0 Å². The monoisotopic (exact) mass is 157 g/mol. The SMILES string of the molecule is CCCC[CH]CC(O)CCC. The van der Waals surface area contributed by atoms with E-state index >= 15 is 0 Å². The molecular weight excluding hydrogens is 136 g/mol. The van der Waals surface area contributed by atoms with Crippen LogP contribution < -0.4 is 0 Å². The minimum Gasteiger partial charge on any atom is -0.393 e. The first kappa shape index (κ1) is 11.0.